The van der Waals surface area contributed by atoms with Crippen LogP contribution in [0.15, 0.2) is 59.8 Å². The Kier molecular flexibility index (Phi) is 7.61. The number of likely N-dealkylation sites (tertiary alicyclic amines) is 1. The monoisotopic (exact) mass is 455 g/mol. The van der Waals surface area contributed by atoms with Crippen LogP contribution in [0.5, 0.6) is 0 Å². The van der Waals surface area contributed by atoms with Crippen LogP contribution in [0, 0.1) is 0 Å². The summed E-state index contributed by atoms with van der Waals surface area (Å²) in [6, 6.07) is 17.5. The smallest absolute Gasteiger partial charge is 0.230 e. The molecule has 0 spiro atoms. The normalized spacial score (nSPS) is 14.5. The number of nitrogens with zero attached hydrogens (tertiary/aromatic N) is 4. The Labute approximate surface area is 192 Å². The molecule has 4 rings (SSSR count). The first-order valence-electron chi connectivity index (χ1n) is 10.5. The largest absolute Gasteiger partial charge is 0.351 e. The summed E-state index contributed by atoms with van der Waals surface area (Å²) in [5.41, 5.74) is 2.03. The Morgan fingerprint density at radius 3 is 2.48 bits per heavy atom. The highest BCUT2D eigenvalue weighted by Crippen LogP contribution is 2.24. The molecule has 0 atom stereocenters. The van der Waals surface area contributed by atoms with E-state index in [1.165, 1.54) is 31.0 Å². The first-order valence-corrected chi connectivity index (χ1v) is 11.9. The van der Waals surface area contributed by atoms with E-state index < -0.39 is 0 Å². The average molecular weight is 456 g/mol. The molecule has 3 aromatic rings. The molecule has 6 nitrogen and oxygen atoms in total. The summed E-state index contributed by atoms with van der Waals surface area (Å²) in [6.07, 6.45) is 3.73. The van der Waals surface area contributed by atoms with Crippen molar-refractivity contribution >= 4 is 29.3 Å². The maximum Gasteiger partial charge on any atom is 0.230 e. The molecule has 0 radical (unpaired) electrons. The number of rotatable bonds is 8. The van der Waals surface area contributed by atoms with Crippen molar-refractivity contribution in [3.63, 3.8) is 0 Å². The number of carbonyl (C=O) groups is 1. The van der Waals surface area contributed by atoms with E-state index >= 15 is 0 Å². The van der Waals surface area contributed by atoms with Gasteiger partial charge in [-0.25, -0.2) is 0 Å². The lowest BCUT2D eigenvalue weighted by Gasteiger charge is -2.26. The highest BCUT2D eigenvalue weighted by molar-refractivity contribution is 7.99. The van der Waals surface area contributed by atoms with Crippen LogP contribution in [0.3, 0.4) is 0 Å². The molecule has 1 saturated heterocycles. The number of aromatic nitrogens is 3. The Hall–Kier alpha value is -2.35. The Morgan fingerprint density at radius 1 is 1.00 bits per heavy atom. The molecule has 8 heteroatoms. The van der Waals surface area contributed by atoms with Gasteiger partial charge in [0.25, 0.3) is 0 Å². The lowest BCUT2D eigenvalue weighted by atomic mass is 10.1. The van der Waals surface area contributed by atoms with Crippen LogP contribution in [0.2, 0.25) is 5.02 Å². The minimum atomic E-state index is -0.0305. The van der Waals surface area contributed by atoms with Gasteiger partial charge < -0.3 is 5.32 Å². The molecule has 2 aromatic carbocycles. The number of halogens is 1. The molecule has 0 aliphatic carbocycles. The van der Waals surface area contributed by atoms with Gasteiger partial charge in [-0.1, -0.05) is 60.1 Å². The zero-order valence-corrected chi connectivity index (χ0v) is 18.9. The summed E-state index contributed by atoms with van der Waals surface area (Å²) in [4.78, 5) is 14.8. The number of benzene rings is 2. The van der Waals surface area contributed by atoms with Gasteiger partial charge in [-0.3, -0.25) is 14.3 Å². The van der Waals surface area contributed by atoms with Gasteiger partial charge in [-0.2, -0.15) is 0 Å². The average Bonchev–Trinajstić information content (AvgIpc) is 3.20. The minimum Gasteiger partial charge on any atom is -0.351 e. The zero-order valence-electron chi connectivity index (χ0n) is 17.3. The van der Waals surface area contributed by atoms with Crippen LogP contribution in [-0.2, 0) is 17.9 Å². The maximum atomic E-state index is 12.4. The van der Waals surface area contributed by atoms with Crippen LogP contribution in [-0.4, -0.2) is 44.4 Å². The quantitative estimate of drug-likeness (QED) is 0.512. The van der Waals surface area contributed by atoms with Gasteiger partial charge in [0.15, 0.2) is 11.0 Å². The van der Waals surface area contributed by atoms with E-state index in [9.17, 15) is 4.79 Å². The summed E-state index contributed by atoms with van der Waals surface area (Å²) in [6.45, 7) is 3.43. The van der Waals surface area contributed by atoms with E-state index in [1.54, 1.807) is 0 Å². The first kappa shape index (κ1) is 21.9. The third kappa shape index (κ3) is 6.09. The van der Waals surface area contributed by atoms with Crippen molar-refractivity contribution in [2.24, 2.45) is 0 Å². The number of hydrogen-bond donors (Lipinski definition) is 1. The van der Waals surface area contributed by atoms with E-state index in [0.717, 1.165) is 36.7 Å². The van der Waals surface area contributed by atoms with Gasteiger partial charge in [-0.05, 0) is 55.8 Å². The molecular weight excluding hydrogens is 430 g/mol. The first-order chi connectivity index (χ1) is 15.2. The van der Waals surface area contributed by atoms with Crippen molar-refractivity contribution in [3.8, 4) is 5.69 Å². The van der Waals surface area contributed by atoms with Gasteiger partial charge in [0.1, 0.15) is 0 Å². The van der Waals surface area contributed by atoms with Gasteiger partial charge in [0.05, 0.1) is 12.3 Å². The fourth-order valence-electron chi connectivity index (χ4n) is 3.64. The van der Waals surface area contributed by atoms with Crippen LogP contribution in [0.4, 0.5) is 0 Å². The fraction of sp³-hybridized carbons (Fsp3) is 0.348. The van der Waals surface area contributed by atoms with Gasteiger partial charge in [0.2, 0.25) is 5.91 Å². The molecule has 1 N–H and O–H groups in total. The summed E-state index contributed by atoms with van der Waals surface area (Å²) >= 11 is 7.49. The molecule has 1 aromatic heterocycles. The van der Waals surface area contributed by atoms with Gasteiger partial charge in [-0.15, -0.1) is 10.2 Å². The number of thioether (sulfide) groups is 1. The third-order valence-corrected chi connectivity index (χ3v) is 6.44. The number of nitrogens with one attached hydrogen (secondary N) is 1. The second-order valence-corrected chi connectivity index (χ2v) is 8.98. The molecule has 162 valence electrons. The van der Waals surface area contributed by atoms with Gasteiger partial charge in [0, 0.05) is 17.3 Å². The number of amides is 1. The van der Waals surface area contributed by atoms with Gasteiger partial charge >= 0.3 is 0 Å². The summed E-state index contributed by atoms with van der Waals surface area (Å²) in [5.74, 6) is 1.14. The predicted molar refractivity (Wildman–Crippen MR) is 125 cm³/mol. The van der Waals surface area contributed by atoms with Crippen molar-refractivity contribution in [1.29, 1.82) is 0 Å². The van der Waals surface area contributed by atoms with Crippen LogP contribution < -0.4 is 5.32 Å². The fourth-order valence-corrected chi connectivity index (χ4v) is 4.57. The summed E-state index contributed by atoms with van der Waals surface area (Å²) in [5, 5.41) is 13.2. The predicted octanol–water partition coefficient (Wildman–Crippen LogP) is 4.32. The van der Waals surface area contributed by atoms with Crippen molar-refractivity contribution in [3.05, 3.63) is 71.0 Å². The molecule has 0 bridgehead atoms. The van der Waals surface area contributed by atoms with Crippen molar-refractivity contribution < 1.29 is 4.79 Å². The maximum absolute atomic E-state index is 12.4. The van der Waals surface area contributed by atoms with Crippen LogP contribution in [0.1, 0.15) is 30.7 Å². The van der Waals surface area contributed by atoms with Crippen molar-refractivity contribution in [2.75, 3.05) is 18.8 Å². The van der Waals surface area contributed by atoms with E-state index in [2.05, 4.69) is 20.4 Å². The highest BCUT2D eigenvalue weighted by atomic mass is 35.5. The van der Waals surface area contributed by atoms with E-state index in [1.807, 2.05) is 59.2 Å². The molecule has 31 heavy (non-hydrogen) atoms. The number of piperidine rings is 1. The molecule has 1 amide bonds. The van der Waals surface area contributed by atoms with Crippen LogP contribution in [0.25, 0.3) is 5.69 Å². The molecule has 1 fully saturated rings. The summed E-state index contributed by atoms with van der Waals surface area (Å²) in [7, 11) is 0. The van der Waals surface area contributed by atoms with E-state index in [-0.39, 0.29) is 11.7 Å². The SMILES string of the molecule is O=C(CSc1nnc(CN2CCCCC2)n1-c1ccc(Cl)cc1)NCc1ccccc1. The molecule has 2 heterocycles. The minimum absolute atomic E-state index is 0.0305. The molecule has 1 aliphatic rings. The Morgan fingerprint density at radius 2 is 1.74 bits per heavy atom. The third-order valence-electron chi connectivity index (χ3n) is 5.26. The molecule has 0 unspecified atom stereocenters. The number of carbonyl (C=O) groups excluding carboxylic acids is 1. The Bertz CT molecular complexity index is 987. The highest BCUT2D eigenvalue weighted by Gasteiger charge is 2.19. The molecule has 1 aliphatic heterocycles. The molecule has 0 saturated carbocycles. The topological polar surface area (TPSA) is 63.1 Å². The number of hydrogen-bond acceptors (Lipinski definition) is 5. The van der Waals surface area contributed by atoms with Crippen molar-refractivity contribution in [2.45, 2.75) is 37.5 Å². The molecular formula is C23H26ClN5OS. The van der Waals surface area contributed by atoms with E-state index in [0.29, 0.717) is 16.7 Å². The van der Waals surface area contributed by atoms with Crippen LogP contribution >= 0.6 is 23.4 Å². The van der Waals surface area contributed by atoms with E-state index in [4.69, 9.17) is 11.6 Å². The van der Waals surface area contributed by atoms with Crippen molar-refractivity contribution in [1.82, 2.24) is 25.0 Å². The summed E-state index contributed by atoms with van der Waals surface area (Å²) < 4.78 is 2.04. The second-order valence-electron chi connectivity index (χ2n) is 7.60. The Balaban J connectivity index is 1.45. The second kappa shape index (κ2) is 10.8. The standard InChI is InChI=1S/C23H26ClN5OS/c24-19-9-11-20(12-10-19)29-21(16-28-13-5-2-6-14-28)26-27-23(29)31-17-22(30)25-15-18-7-3-1-4-8-18/h1,3-4,7-12H,2,5-6,13-17H2,(H,25,30). The lowest BCUT2D eigenvalue weighted by molar-refractivity contribution is -0.118. The lowest BCUT2D eigenvalue weighted by Crippen LogP contribution is -2.30. The zero-order chi connectivity index (χ0) is 21.5.